The minimum atomic E-state index is -2.88. The number of hydrogen-bond donors (Lipinski definition) is 0. The van der Waals surface area contributed by atoms with Gasteiger partial charge in [0, 0.05) is 0 Å². The van der Waals surface area contributed by atoms with Gasteiger partial charge in [-0.15, -0.1) is 11.8 Å². The second kappa shape index (κ2) is 8.76. The molecule has 102 valence electrons. The number of benzene rings is 1. The third-order valence-electron chi connectivity index (χ3n) is 2.28. The fraction of sp³-hybridized carbons (Fsp3) is 0.538. The third kappa shape index (κ3) is 6.05. The Morgan fingerprint density at radius 1 is 1.11 bits per heavy atom. The van der Waals surface area contributed by atoms with Gasteiger partial charge in [0.1, 0.15) is 0 Å². The zero-order valence-corrected chi connectivity index (χ0v) is 12.7. The molecule has 3 nitrogen and oxygen atoms in total. The van der Waals surface area contributed by atoms with Crippen molar-refractivity contribution in [1.29, 1.82) is 0 Å². The van der Waals surface area contributed by atoms with Crippen molar-refractivity contribution in [3.8, 4) is 0 Å². The van der Waals surface area contributed by atoms with Crippen LogP contribution in [0.2, 0.25) is 0 Å². The molecule has 0 spiro atoms. The zero-order chi connectivity index (χ0) is 13.3. The molecule has 5 heteroatoms. The van der Waals surface area contributed by atoms with Crippen LogP contribution in [0.5, 0.6) is 0 Å². The normalized spacial score (nSPS) is 11.7. The topological polar surface area (TPSA) is 35.5 Å². The molecule has 0 heterocycles. The maximum atomic E-state index is 12.2. The average molecular weight is 288 g/mol. The molecule has 0 aromatic heterocycles. The molecule has 18 heavy (non-hydrogen) atoms. The highest BCUT2D eigenvalue weighted by molar-refractivity contribution is 8.04. The van der Waals surface area contributed by atoms with Gasteiger partial charge in [-0.1, -0.05) is 30.3 Å². The summed E-state index contributed by atoms with van der Waals surface area (Å²) in [4.78, 5) is 0. The number of rotatable bonds is 9. The second-order valence-corrected chi connectivity index (χ2v) is 7.31. The van der Waals surface area contributed by atoms with Gasteiger partial charge in [0.05, 0.1) is 18.7 Å². The Bertz CT molecular complexity index is 360. The van der Waals surface area contributed by atoms with Crippen LogP contribution in [0.4, 0.5) is 0 Å². The van der Waals surface area contributed by atoms with E-state index < -0.39 is 7.60 Å². The van der Waals surface area contributed by atoms with E-state index in [0.717, 1.165) is 12.2 Å². The van der Waals surface area contributed by atoms with Crippen molar-refractivity contribution in [3.63, 3.8) is 0 Å². The van der Waals surface area contributed by atoms with Crippen molar-refractivity contribution in [2.75, 3.05) is 24.5 Å². The fourth-order valence-corrected chi connectivity index (χ4v) is 4.76. The maximum Gasteiger partial charge on any atom is 0.340 e. The molecule has 0 fully saturated rings. The summed E-state index contributed by atoms with van der Waals surface area (Å²) in [7, 11) is -2.88. The standard InChI is InChI=1S/C13H21O3PS/c1-3-15-17(14,16-4-2)12-18-11-10-13-8-6-5-7-9-13/h5-9H,3-4,10-12H2,1-2H3. The second-order valence-electron chi connectivity index (χ2n) is 3.72. The van der Waals surface area contributed by atoms with E-state index >= 15 is 0 Å². The van der Waals surface area contributed by atoms with Crippen LogP contribution in [-0.2, 0) is 20.0 Å². The Kier molecular flexibility index (Phi) is 7.68. The first-order chi connectivity index (χ1) is 8.70. The van der Waals surface area contributed by atoms with Gasteiger partial charge in [-0.05, 0) is 31.6 Å². The lowest BCUT2D eigenvalue weighted by atomic mass is 10.2. The van der Waals surface area contributed by atoms with Crippen molar-refractivity contribution in [2.24, 2.45) is 0 Å². The predicted molar refractivity (Wildman–Crippen MR) is 78.3 cm³/mol. The Morgan fingerprint density at radius 2 is 1.72 bits per heavy atom. The Morgan fingerprint density at radius 3 is 2.28 bits per heavy atom. The summed E-state index contributed by atoms with van der Waals surface area (Å²) in [5, 5.41) is 0. The molecule has 1 aromatic rings. The summed E-state index contributed by atoms with van der Waals surface area (Å²) in [5.74, 6) is 0.925. The monoisotopic (exact) mass is 288 g/mol. The smallest absolute Gasteiger partial charge is 0.308 e. The quantitative estimate of drug-likeness (QED) is 0.504. The summed E-state index contributed by atoms with van der Waals surface area (Å²) < 4.78 is 22.6. The maximum absolute atomic E-state index is 12.2. The van der Waals surface area contributed by atoms with Crippen molar-refractivity contribution in [3.05, 3.63) is 35.9 Å². The number of thioether (sulfide) groups is 1. The predicted octanol–water partition coefficient (Wildman–Crippen LogP) is 4.19. The van der Waals surface area contributed by atoms with Gasteiger partial charge in [0.25, 0.3) is 0 Å². The Hall–Kier alpha value is -0.280. The van der Waals surface area contributed by atoms with E-state index in [1.54, 1.807) is 11.8 Å². The summed E-state index contributed by atoms with van der Waals surface area (Å²) in [5.41, 5.74) is 1.73. The van der Waals surface area contributed by atoms with Gasteiger partial charge in [0.15, 0.2) is 0 Å². The lowest BCUT2D eigenvalue weighted by molar-refractivity contribution is 0.224. The van der Waals surface area contributed by atoms with E-state index in [2.05, 4.69) is 12.1 Å². The lowest BCUT2D eigenvalue weighted by Gasteiger charge is -2.16. The van der Waals surface area contributed by atoms with Gasteiger partial charge in [-0.25, -0.2) is 0 Å². The SMILES string of the molecule is CCOP(=O)(CSCCc1ccccc1)OCC. The summed E-state index contributed by atoms with van der Waals surface area (Å²) in [6.45, 7) is 4.52. The molecule has 0 aliphatic carbocycles. The number of hydrogen-bond acceptors (Lipinski definition) is 4. The van der Waals surface area contributed by atoms with Gasteiger partial charge in [-0.3, -0.25) is 4.57 Å². The molecule has 1 rings (SSSR count). The first-order valence-corrected chi connectivity index (χ1v) is 9.08. The van der Waals surface area contributed by atoms with E-state index in [9.17, 15) is 4.57 Å². The molecule has 0 amide bonds. The van der Waals surface area contributed by atoms with Gasteiger partial charge < -0.3 is 9.05 Å². The molecule has 0 aliphatic heterocycles. The Balaban J connectivity index is 2.29. The van der Waals surface area contributed by atoms with Crippen molar-refractivity contribution in [2.45, 2.75) is 20.3 Å². The van der Waals surface area contributed by atoms with E-state index in [1.807, 2.05) is 32.0 Å². The van der Waals surface area contributed by atoms with Crippen LogP contribution in [-0.4, -0.2) is 24.5 Å². The highest BCUT2D eigenvalue weighted by Crippen LogP contribution is 2.50. The summed E-state index contributed by atoms with van der Waals surface area (Å²) in [6, 6.07) is 10.3. The van der Waals surface area contributed by atoms with Gasteiger partial charge in [-0.2, -0.15) is 0 Å². The highest BCUT2D eigenvalue weighted by Gasteiger charge is 2.22. The first-order valence-electron chi connectivity index (χ1n) is 6.20. The molecule has 0 aliphatic rings. The Labute approximate surface area is 114 Å². The number of aryl methyl sites for hydroxylation is 1. The fourth-order valence-electron chi connectivity index (χ4n) is 1.52. The molecule has 0 unspecified atom stereocenters. The summed E-state index contributed by atoms with van der Waals surface area (Å²) in [6.07, 6.45) is 0.976. The van der Waals surface area contributed by atoms with Crippen LogP contribution < -0.4 is 0 Å². The minimum absolute atomic E-state index is 0.427. The van der Waals surface area contributed by atoms with Crippen LogP contribution in [0.3, 0.4) is 0 Å². The van der Waals surface area contributed by atoms with Crippen molar-refractivity contribution in [1.82, 2.24) is 0 Å². The van der Waals surface area contributed by atoms with E-state index in [1.165, 1.54) is 5.56 Å². The highest BCUT2D eigenvalue weighted by atomic mass is 32.2. The molecule has 0 saturated carbocycles. The van der Waals surface area contributed by atoms with Crippen molar-refractivity contribution >= 4 is 19.4 Å². The van der Waals surface area contributed by atoms with Crippen LogP contribution in [0.15, 0.2) is 30.3 Å². The van der Waals surface area contributed by atoms with Crippen molar-refractivity contribution < 1.29 is 13.6 Å². The average Bonchev–Trinajstić information content (AvgIpc) is 2.37. The molecule has 0 N–H and O–H groups in total. The molecular weight excluding hydrogens is 267 g/mol. The molecule has 0 saturated heterocycles. The van der Waals surface area contributed by atoms with Crippen LogP contribution >= 0.6 is 19.4 Å². The van der Waals surface area contributed by atoms with E-state index in [4.69, 9.17) is 9.05 Å². The van der Waals surface area contributed by atoms with Crippen LogP contribution in [0.25, 0.3) is 0 Å². The minimum Gasteiger partial charge on any atom is -0.308 e. The molecule has 0 radical (unpaired) electrons. The van der Waals surface area contributed by atoms with Gasteiger partial charge in [0.2, 0.25) is 0 Å². The summed E-state index contributed by atoms with van der Waals surface area (Å²) >= 11 is 1.62. The van der Waals surface area contributed by atoms with E-state index in [0.29, 0.717) is 18.7 Å². The zero-order valence-electron chi connectivity index (χ0n) is 11.0. The lowest BCUT2D eigenvalue weighted by Crippen LogP contribution is -1.99. The van der Waals surface area contributed by atoms with Crippen LogP contribution in [0, 0.1) is 0 Å². The third-order valence-corrected chi connectivity index (χ3v) is 6.07. The van der Waals surface area contributed by atoms with E-state index in [-0.39, 0.29) is 0 Å². The molecule has 0 atom stereocenters. The molecule has 1 aromatic carbocycles. The van der Waals surface area contributed by atoms with Gasteiger partial charge >= 0.3 is 7.60 Å². The van der Waals surface area contributed by atoms with Crippen LogP contribution in [0.1, 0.15) is 19.4 Å². The molecule has 0 bridgehead atoms. The first kappa shape index (κ1) is 15.8. The molecular formula is C13H21O3PS. The largest absolute Gasteiger partial charge is 0.340 e.